The second-order valence-corrected chi connectivity index (χ2v) is 4.86. The average Bonchev–Trinajstić information content (AvgIpc) is 2.86. The topological polar surface area (TPSA) is 38.7 Å². The summed E-state index contributed by atoms with van der Waals surface area (Å²) in [6, 6.07) is 1.90. The van der Waals surface area contributed by atoms with Gasteiger partial charge in [0.25, 0.3) is 0 Å². The highest BCUT2D eigenvalue weighted by Crippen LogP contribution is 2.23. The van der Waals surface area contributed by atoms with Crippen molar-refractivity contribution in [3.05, 3.63) is 44.8 Å². The molecule has 0 saturated heterocycles. The van der Waals surface area contributed by atoms with Crippen LogP contribution in [0.2, 0.25) is 0 Å². The number of ether oxygens (including phenoxy) is 1. The summed E-state index contributed by atoms with van der Waals surface area (Å²) in [6.07, 6.45) is 7.02. The Kier molecular flexibility index (Phi) is 2.44. The molecule has 4 heteroatoms. The van der Waals surface area contributed by atoms with Crippen molar-refractivity contribution in [2.45, 2.75) is 13.3 Å². The van der Waals surface area contributed by atoms with Gasteiger partial charge in [0.1, 0.15) is 9.55 Å². The minimum atomic E-state index is -0.250. The molecule has 3 rings (SSSR count). The van der Waals surface area contributed by atoms with E-state index in [1.165, 1.54) is 16.9 Å². The van der Waals surface area contributed by atoms with Crippen LogP contribution in [0.25, 0.3) is 5.57 Å². The quantitative estimate of drug-likeness (QED) is 0.742. The molecule has 0 saturated carbocycles. The van der Waals surface area contributed by atoms with Gasteiger partial charge in [-0.2, -0.15) is 0 Å². The van der Waals surface area contributed by atoms with Gasteiger partial charge in [0.05, 0.1) is 12.3 Å². The Bertz CT molecular complexity index is 664. The predicted molar refractivity (Wildman–Crippen MR) is 66.3 cm³/mol. The van der Waals surface area contributed by atoms with E-state index < -0.39 is 0 Å². The van der Waals surface area contributed by atoms with E-state index in [-0.39, 0.29) is 5.97 Å². The minimum absolute atomic E-state index is 0.250. The normalized spacial score (nSPS) is 16.1. The molecular weight excluding hydrogens is 234 g/mol. The number of esters is 1. The fraction of sp³-hybridized carbons (Fsp3) is 0.231. The zero-order valence-corrected chi connectivity index (χ0v) is 10.2. The van der Waals surface area contributed by atoms with Gasteiger partial charge in [0.2, 0.25) is 0 Å². The van der Waals surface area contributed by atoms with Crippen LogP contribution < -0.4 is 9.89 Å². The molecule has 0 amide bonds. The third-order valence-corrected chi connectivity index (χ3v) is 3.77. The third kappa shape index (κ3) is 1.65. The summed E-state index contributed by atoms with van der Waals surface area (Å²) in [5.74, 6) is -0.250. The lowest BCUT2D eigenvalue weighted by atomic mass is 10.0. The van der Waals surface area contributed by atoms with E-state index in [9.17, 15) is 4.79 Å². The lowest BCUT2D eigenvalue weighted by Crippen LogP contribution is -2.15. The first kappa shape index (κ1) is 10.5. The number of rotatable bonds is 2. The number of thiophene rings is 1. The number of hydrogen-bond acceptors (Lipinski definition) is 4. The van der Waals surface area contributed by atoms with E-state index in [4.69, 9.17) is 4.74 Å². The second kappa shape index (κ2) is 3.96. The molecular formula is C13H11NO2S. The van der Waals surface area contributed by atoms with Gasteiger partial charge in [-0.3, -0.25) is 0 Å². The molecule has 0 aromatic carbocycles. The third-order valence-electron chi connectivity index (χ3n) is 2.76. The van der Waals surface area contributed by atoms with Crippen LogP contribution >= 0.6 is 11.3 Å². The molecule has 0 spiro atoms. The van der Waals surface area contributed by atoms with Crippen molar-refractivity contribution in [2.24, 2.45) is 4.99 Å². The zero-order chi connectivity index (χ0) is 11.8. The van der Waals surface area contributed by atoms with Crippen LogP contribution in [0.3, 0.4) is 0 Å². The van der Waals surface area contributed by atoms with Gasteiger partial charge < -0.3 is 4.74 Å². The predicted octanol–water partition coefficient (Wildman–Crippen LogP) is 1.55. The number of nitrogens with zero attached hydrogens (tertiary/aromatic N) is 1. The summed E-state index contributed by atoms with van der Waals surface area (Å²) >= 11 is 1.41. The Morgan fingerprint density at radius 1 is 1.59 bits per heavy atom. The van der Waals surface area contributed by atoms with Crippen LogP contribution in [-0.4, -0.2) is 12.6 Å². The summed E-state index contributed by atoms with van der Waals surface area (Å²) < 4.78 is 5.92. The summed E-state index contributed by atoms with van der Waals surface area (Å²) in [6.45, 7) is 2.22. The number of fused-ring (bicyclic) bond motifs is 2. The maximum absolute atomic E-state index is 11.6. The van der Waals surface area contributed by atoms with E-state index in [0.29, 0.717) is 11.5 Å². The molecule has 86 valence electrons. The van der Waals surface area contributed by atoms with Crippen LogP contribution in [0.5, 0.6) is 0 Å². The van der Waals surface area contributed by atoms with Gasteiger partial charge in [-0.25, -0.2) is 9.79 Å². The van der Waals surface area contributed by atoms with Crippen LogP contribution in [0, 0.1) is 0 Å². The van der Waals surface area contributed by atoms with Crippen molar-refractivity contribution < 1.29 is 9.53 Å². The summed E-state index contributed by atoms with van der Waals surface area (Å²) in [5.41, 5.74) is 2.25. The lowest BCUT2D eigenvalue weighted by Gasteiger charge is -2.03. The molecule has 0 fully saturated rings. The van der Waals surface area contributed by atoms with Gasteiger partial charge in [-0.05, 0) is 31.1 Å². The van der Waals surface area contributed by atoms with Crippen LogP contribution in [0.15, 0.2) is 35.0 Å². The molecule has 1 aliphatic heterocycles. The maximum atomic E-state index is 11.6. The first-order valence-corrected chi connectivity index (χ1v) is 6.37. The maximum Gasteiger partial charge on any atom is 0.348 e. The molecule has 2 heterocycles. The monoisotopic (exact) mass is 245 g/mol. The Labute approximate surface area is 102 Å². The highest BCUT2D eigenvalue weighted by atomic mass is 32.1. The van der Waals surface area contributed by atoms with Crippen molar-refractivity contribution in [1.29, 1.82) is 0 Å². The first-order chi connectivity index (χ1) is 8.29. The van der Waals surface area contributed by atoms with Crippen LogP contribution in [0.4, 0.5) is 0 Å². The first-order valence-electron chi connectivity index (χ1n) is 5.55. The summed E-state index contributed by atoms with van der Waals surface area (Å²) in [7, 11) is 0. The number of carbonyl (C=O) groups is 1. The highest BCUT2D eigenvalue weighted by molar-refractivity contribution is 7.11. The minimum Gasteiger partial charge on any atom is -0.462 e. The SMILES string of the molecule is CCOC(=O)c1cc2c(s1)=NC1=CC=CCC=21. The summed E-state index contributed by atoms with van der Waals surface area (Å²) in [5, 5.41) is 1.09. The van der Waals surface area contributed by atoms with Gasteiger partial charge in [-0.15, -0.1) is 11.3 Å². The average molecular weight is 245 g/mol. The summed E-state index contributed by atoms with van der Waals surface area (Å²) in [4.78, 5) is 16.8. The molecule has 0 radical (unpaired) electrons. The van der Waals surface area contributed by atoms with Crippen LogP contribution in [0.1, 0.15) is 23.0 Å². The smallest absolute Gasteiger partial charge is 0.348 e. The van der Waals surface area contributed by atoms with Gasteiger partial charge in [-0.1, -0.05) is 12.2 Å². The molecule has 0 unspecified atom stereocenters. The van der Waals surface area contributed by atoms with Gasteiger partial charge >= 0.3 is 5.97 Å². The number of hydrogen-bond donors (Lipinski definition) is 0. The molecule has 1 aromatic heterocycles. The van der Waals surface area contributed by atoms with E-state index in [1.807, 2.05) is 25.1 Å². The van der Waals surface area contributed by atoms with Gasteiger partial charge in [0, 0.05) is 5.22 Å². The van der Waals surface area contributed by atoms with Crippen molar-refractivity contribution in [1.82, 2.24) is 0 Å². The van der Waals surface area contributed by atoms with E-state index in [2.05, 4.69) is 11.1 Å². The molecule has 1 aromatic rings. The fourth-order valence-electron chi connectivity index (χ4n) is 2.00. The van der Waals surface area contributed by atoms with Crippen molar-refractivity contribution >= 4 is 22.9 Å². The standard InChI is InChI=1S/C13H11NO2S/c1-2-16-13(15)11-7-9-8-5-3-4-6-10(8)14-12(9)17-11/h3-4,6-7H,2,5H2,1H3. The Morgan fingerprint density at radius 2 is 2.47 bits per heavy atom. The Hall–Kier alpha value is -1.68. The second-order valence-electron chi connectivity index (χ2n) is 3.82. The molecule has 3 nitrogen and oxygen atoms in total. The molecule has 0 atom stereocenters. The zero-order valence-electron chi connectivity index (χ0n) is 9.40. The lowest BCUT2D eigenvalue weighted by molar-refractivity contribution is 0.0532. The number of carbonyl (C=O) groups excluding carboxylic acids is 1. The van der Waals surface area contributed by atoms with E-state index in [0.717, 1.165) is 22.0 Å². The number of allylic oxidation sites excluding steroid dienone is 4. The van der Waals surface area contributed by atoms with Crippen molar-refractivity contribution in [3.8, 4) is 0 Å². The van der Waals surface area contributed by atoms with Crippen LogP contribution in [-0.2, 0) is 4.74 Å². The van der Waals surface area contributed by atoms with E-state index >= 15 is 0 Å². The fourth-order valence-corrected chi connectivity index (χ4v) is 2.96. The largest absolute Gasteiger partial charge is 0.462 e. The van der Waals surface area contributed by atoms with E-state index in [1.54, 1.807) is 0 Å². The van der Waals surface area contributed by atoms with Gasteiger partial charge in [0.15, 0.2) is 0 Å². The molecule has 0 N–H and O–H groups in total. The molecule has 1 aliphatic carbocycles. The Morgan fingerprint density at radius 3 is 3.29 bits per heavy atom. The molecule has 2 aliphatic rings. The van der Waals surface area contributed by atoms with Crippen molar-refractivity contribution in [3.63, 3.8) is 0 Å². The highest BCUT2D eigenvalue weighted by Gasteiger charge is 2.18. The van der Waals surface area contributed by atoms with Crippen molar-refractivity contribution in [2.75, 3.05) is 6.61 Å². The molecule has 0 bridgehead atoms. The molecule has 17 heavy (non-hydrogen) atoms. The Balaban J connectivity index is 2.09.